The first-order chi connectivity index (χ1) is 13.8. The van der Waals surface area contributed by atoms with Crippen LogP contribution in [0, 0.1) is 0 Å². The van der Waals surface area contributed by atoms with Crippen LogP contribution in [0.2, 0.25) is 0 Å². The molecule has 1 unspecified atom stereocenters. The lowest BCUT2D eigenvalue weighted by atomic mass is 10.1. The number of hydrogen-bond donors (Lipinski definition) is 2. The maximum Gasteiger partial charge on any atom is 0.333 e. The van der Waals surface area contributed by atoms with Crippen molar-refractivity contribution in [2.45, 2.75) is 19.4 Å². The van der Waals surface area contributed by atoms with Crippen molar-refractivity contribution in [3.8, 4) is 5.75 Å². The average Bonchev–Trinajstić information content (AvgIpc) is 2.66. The number of anilines is 1. The van der Waals surface area contributed by atoms with Crippen molar-refractivity contribution in [1.82, 2.24) is 0 Å². The molecule has 1 atom stereocenters. The molecule has 8 heteroatoms. The van der Waals surface area contributed by atoms with Gasteiger partial charge in [-0.25, -0.2) is 4.79 Å². The van der Waals surface area contributed by atoms with E-state index in [2.05, 4.69) is 5.32 Å². The molecule has 2 aromatic rings. The molecule has 156 valence electrons. The van der Waals surface area contributed by atoms with Crippen LogP contribution in [0.15, 0.2) is 54.6 Å². The minimum absolute atomic E-state index is 0.275. The molecule has 0 bridgehead atoms. The summed E-state index contributed by atoms with van der Waals surface area (Å²) in [6.45, 7) is 2.72. The Kier molecular flexibility index (Phi) is 8.23. The standard InChI is InChI=1S/C21H25NO6S/c1-3-27-20(21(23)24)15-17-6-10-18(11-7-17)22-14-4-5-16-8-12-19(13-9-16)28-29(2,25)26/h4-13,20,22H,3,14-15H2,1-2H3,(H,23,24). The van der Waals surface area contributed by atoms with Gasteiger partial charge < -0.3 is 19.3 Å². The summed E-state index contributed by atoms with van der Waals surface area (Å²) >= 11 is 0. The zero-order valence-corrected chi connectivity index (χ0v) is 17.2. The molecular formula is C21H25NO6S. The van der Waals surface area contributed by atoms with Crippen LogP contribution >= 0.6 is 0 Å². The molecule has 29 heavy (non-hydrogen) atoms. The first-order valence-corrected chi connectivity index (χ1v) is 10.9. The van der Waals surface area contributed by atoms with Gasteiger partial charge >= 0.3 is 16.1 Å². The van der Waals surface area contributed by atoms with Gasteiger partial charge in [0.15, 0.2) is 6.10 Å². The van der Waals surface area contributed by atoms with E-state index in [0.717, 1.165) is 23.1 Å². The number of carboxylic acids is 1. The molecule has 0 radical (unpaired) electrons. The summed E-state index contributed by atoms with van der Waals surface area (Å²) in [5.74, 6) is -0.688. The zero-order chi connectivity index (χ0) is 21.3. The highest BCUT2D eigenvalue weighted by molar-refractivity contribution is 7.86. The number of ether oxygens (including phenoxy) is 1. The van der Waals surface area contributed by atoms with E-state index in [-0.39, 0.29) is 5.75 Å². The molecule has 2 N–H and O–H groups in total. The maximum absolute atomic E-state index is 11.2. The highest BCUT2D eigenvalue weighted by Gasteiger charge is 2.17. The van der Waals surface area contributed by atoms with E-state index in [9.17, 15) is 13.2 Å². The minimum atomic E-state index is -3.52. The van der Waals surface area contributed by atoms with Gasteiger partial charge in [-0.1, -0.05) is 36.4 Å². The van der Waals surface area contributed by atoms with Crippen molar-refractivity contribution in [1.29, 1.82) is 0 Å². The second-order valence-corrected chi connectivity index (χ2v) is 7.90. The van der Waals surface area contributed by atoms with E-state index in [4.69, 9.17) is 14.0 Å². The van der Waals surface area contributed by atoms with Crippen molar-refractivity contribution < 1.29 is 27.2 Å². The van der Waals surface area contributed by atoms with Gasteiger partial charge in [-0.15, -0.1) is 0 Å². The van der Waals surface area contributed by atoms with Crippen LogP contribution in [0.25, 0.3) is 6.08 Å². The molecule has 0 aliphatic heterocycles. The number of carbonyl (C=O) groups is 1. The Bertz CT molecular complexity index is 921. The van der Waals surface area contributed by atoms with Gasteiger partial charge in [-0.05, 0) is 42.3 Å². The lowest BCUT2D eigenvalue weighted by molar-refractivity contribution is -0.149. The average molecular weight is 419 g/mol. The van der Waals surface area contributed by atoms with E-state index in [1.54, 1.807) is 31.2 Å². The van der Waals surface area contributed by atoms with Crippen LogP contribution in [-0.4, -0.2) is 45.0 Å². The fraction of sp³-hybridized carbons (Fsp3) is 0.286. The van der Waals surface area contributed by atoms with Gasteiger partial charge in [0.05, 0.1) is 6.26 Å². The van der Waals surface area contributed by atoms with Gasteiger partial charge in [0.1, 0.15) is 5.75 Å². The van der Waals surface area contributed by atoms with E-state index in [1.165, 1.54) is 0 Å². The quantitative estimate of drug-likeness (QED) is 0.539. The lowest BCUT2D eigenvalue weighted by Crippen LogP contribution is -2.26. The van der Waals surface area contributed by atoms with E-state index < -0.39 is 22.2 Å². The van der Waals surface area contributed by atoms with Gasteiger partial charge in [0, 0.05) is 25.3 Å². The van der Waals surface area contributed by atoms with Crippen LogP contribution in [0.4, 0.5) is 5.69 Å². The summed E-state index contributed by atoms with van der Waals surface area (Å²) in [7, 11) is -3.52. The number of carboxylic acid groups (broad SMARTS) is 1. The second-order valence-electron chi connectivity index (χ2n) is 6.32. The van der Waals surface area contributed by atoms with Crippen LogP contribution in [0.3, 0.4) is 0 Å². The molecular weight excluding hydrogens is 394 g/mol. The molecule has 7 nitrogen and oxygen atoms in total. The number of nitrogens with one attached hydrogen (secondary N) is 1. The molecule has 2 aromatic carbocycles. The Balaban J connectivity index is 1.83. The lowest BCUT2D eigenvalue weighted by Gasteiger charge is -2.12. The fourth-order valence-electron chi connectivity index (χ4n) is 2.57. The number of rotatable bonds is 11. The summed E-state index contributed by atoms with van der Waals surface area (Å²) in [5, 5.41) is 12.4. The zero-order valence-electron chi connectivity index (χ0n) is 16.4. The summed E-state index contributed by atoms with van der Waals surface area (Å²) in [6.07, 6.45) is 4.34. The fourth-order valence-corrected chi connectivity index (χ4v) is 3.03. The third-order valence-electron chi connectivity index (χ3n) is 3.88. The largest absolute Gasteiger partial charge is 0.479 e. The molecule has 0 heterocycles. The minimum Gasteiger partial charge on any atom is -0.479 e. The van der Waals surface area contributed by atoms with Crippen molar-refractivity contribution >= 4 is 27.9 Å². The first kappa shape index (κ1) is 22.4. The number of benzene rings is 2. The molecule has 0 saturated heterocycles. The summed E-state index contributed by atoms with van der Waals surface area (Å²) in [5.41, 5.74) is 2.72. The van der Waals surface area contributed by atoms with Gasteiger partial charge in [0.25, 0.3) is 0 Å². The molecule has 0 amide bonds. The SMILES string of the molecule is CCOC(Cc1ccc(NCC=Cc2ccc(OS(C)(=O)=O)cc2)cc1)C(=O)O. The molecule has 0 spiro atoms. The molecule has 0 fully saturated rings. The Morgan fingerprint density at radius 1 is 1.14 bits per heavy atom. The topological polar surface area (TPSA) is 102 Å². The van der Waals surface area contributed by atoms with Gasteiger partial charge in [-0.2, -0.15) is 8.42 Å². The molecule has 0 aromatic heterocycles. The van der Waals surface area contributed by atoms with Crippen molar-refractivity contribution in [2.75, 3.05) is 24.7 Å². The number of aliphatic carboxylic acids is 1. The second kappa shape index (κ2) is 10.6. The third-order valence-corrected chi connectivity index (χ3v) is 4.38. The number of hydrogen-bond acceptors (Lipinski definition) is 6. The smallest absolute Gasteiger partial charge is 0.333 e. The first-order valence-electron chi connectivity index (χ1n) is 9.10. The van der Waals surface area contributed by atoms with Crippen molar-refractivity contribution in [3.05, 3.63) is 65.7 Å². The Morgan fingerprint density at radius 3 is 2.34 bits per heavy atom. The summed E-state index contributed by atoms with van der Waals surface area (Å²) < 4.78 is 32.2. The van der Waals surface area contributed by atoms with Crippen LogP contribution in [0.5, 0.6) is 5.75 Å². The molecule has 0 aliphatic rings. The third kappa shape index (κ3) is 8.37. The molecule has 0 aliphatic carbocycles. The van der Waals surface area contributed by atoms with Crippen molar-refractivity contribution in [2.24, 2.45) is 0 Å². The molecule has 2 rings (SSSR count). The molecule has 0 saturated carbocycles. The summed E-state index contributed by atoms with van der Waals surface area (Å²) in [6, 6.07) is 14.3. The highest BCUT2D eigenvalue weighted by atomic mass is 32.2. The Labute approximate surface area is 171 Å². The van der Waals surface area contributed by atoms with Crippen LogP contribution in [-0.2, 0) is 26.1 Å². The normalized spacial score (nSPS) is 12.6. The highest BCUT2D eigenvalue weighted by Crippen LogP contribution is 2.15. The van der Waals surface area contributed by atoms with Crippen LogP contribution in [0.1, 0.15) is 18.1 Å². The Hall–Kier alpha value is -2.84. The Morgan fingerprint density at radius 2 is 1.79 bits per heavy atom. The predicted octanol–water partition coefficient (Wildman–Crippen LogP) is 3.18. The van der Waals surface area contributed by atoms with E-state index >= 15 is 0 Å². The van der Waals surface area contributed by atoms with Gasteiger partial charge in [0.2, 0.25) is 0 Å². The predicted molar refractivity (Wildman–Crippen MR) is 113 cm³/mol. The van der Waals surface area contributed by atoms with Crippen molar-refractivity contribution in [3.63, 3.8) is 0 Å². The monoisotopic (exact) mass is 419 g/mol. The van der Waals surface area contributed by atoms with E-state index in [0.29, 0.717) is 19.6 Å². The maximum atomic E-state index is 11.2. The van der Waals surface area contributed by atoms with Crippen LogP contribution < -0.4 is 9.50 Å². The van der Waals surface area contributed by atoms with Gasteiger partial charge in [-0.3, -0.25) is 0 Å². The van der Waals surface area contributed by atoms with E-state index in [1.807, 2.05) is 36.4 Å². The summed E-state index contributed by atoms with van der Waals surface area (Å²) in [4.78, 5) is 11.2.